The Morgan fingerprint density at radius 2 is 2.00 bits per heavy atom. The van der Waals surface area contributed by atoms with Crippen molar-refractivity contribution >= 4 is 23.8 Å². The van der Waals surface area contributed by atoms with E-state index >= 15 is 0 Å². The average molecular weight is 377 g/mol. The van der Waals surface area contributed by atoms with Crippen LogP contribution in [0.4, 0.5) is 5.69 Å². The molecule has 4 N–H and O–H groups in total. The standard InChI is InChI=1S/C14H20N2O2.C6H12N2O/c1-14(2,3)12(9-17)16-11-7-5-6-10(8-11)13(18)15-4;1-8-4-2-3-5(8)6(7)9/h5-9,12,16H,1-4H3,(H,15,18);5H,2-4H2,1H3,(H2,7,9)/t;5-/m.0/s1. The van der Waals surface area contributed by atoms with E-state index in [1.807, 2.05) is 38.8 Å². The summed E-state index contributed by atoms with van der Waals surface area (Å²) in [6.07, 6.45) is 2.93. The maximum absolute atomic E-state index is 11.5. The summed E-state index contributed by atoms with van der Waals surface area (Å²) in [6, 6.07) is 6.81. The van der Waals surface area contributed by atoms with Gasteiger partial charge in [0.05, 0.1) is 12.1 Å². The normalized spacial score (nSPS) is 18.0. The number of anilines is 1. The Morgan fingerprint density at radius 3 is 2.41 bits per heavy atom. The second-order valence-electron chi connectivity index (χ2n) is 7.83. The maximum atomic E-state index is 11.5. The van der Waals surface area contributed by atoms with Crippen molar-refractivity contribution in [3.05, 3.63) is 29.8 Å². The van der Waals surface area contributed by atoms with Gasteiger partial charge in [-0.05, 0) is 50.0 Å². The maximum Gasteiger partial charge on any atom is 0.251 e. The number of nitrogens with one attached hydrogen (secondary N) is 2. The van der Waals surface area contributed by atoms with Crippen LogP contribution in [0.3, 0.4) is 0 Å². The Morgan fingerprint density at radius 1 is 1.33 bits per heavy atom. The molecule has 0 spiro atoms. The van der Waals surface area contributed by atoms with E-state index in [0.717, 1.165) is 31.4 Å². The third kappa shape index (κ3) is 7.02. The van der Waals surface area contributed by atoms with E-state index in [-0.39, 0.29) is 29.3 Å². The lowest BCUT2D eigenvalue weighted by molar-refractivity contribution is -0.121. The molecule has 0 saturated carbocycles. The Bertz CT molecular complexity index is 655. The first-order valence-corrected chi connectivity index (χ1v) is 9.13. The highest BCUT2D eigenvalue weighted by Crippen LogP contribution is 2.22. The molecule has 0 aromatic heterocycles. The molecule has 7 nitrogen and oxygen atoms in total. The molecule has 0 bridgehead atoms. The quantitative estimate of drug-likeness (QED) is 0.678. The van der Waals surface area contributed by atoms with Gasteiger partial charge in [-0.2, -0.15) is 0 Å². The Labute approximate surface area is 161 Å². The van der Waals surface area contributed by atoms with E-state index < -0.39 is 0 Å². The number of carbonyl (C=O) groups excluding carboxylic acids is 3. The number of hydrogen-bond acceptors (Lipinski definition) is 5. The van der Waals surface area contributed by atoms with Crippen LogP contribution in [-0.2, 0) is 9.59 Å². The molecule has 1 aliphatic heterocycles. The molecule has 1 aromatic carbocycles. The number of nitrogens with two attached hydrogens (primary N) is 1. The summed E-state index contributed by atoms with van der Waals surface area (Å²) in [6.45, 7) is 6.97. The average Bonchev–Trinajstić information content (AvgIpc) is 3.05. The number of primary amides is 1. The number of likely N-dealkylation sites (N-methyl/N-ethyl adjacent to an activating group) is 1. The smallest absolute Gasteiger partial charge is 0.251 e. The molecule has 1 aliphatic rings. The summed E-state index contributed by atoms with van der Waals surface area (Å²) in [5.41, 5.74) is 6.27. The first kappa shape index (κ1) is 22.6. The fourth-order valence-corrected chi connectivity index (χ4v) is 2.80. The van der Waals surface area contributed by atoms with Crippen molar-refractivity contribution < 1.29 is 14.4 Å². The van der Waals surface area contributed by atoms with Crippen LogP contribution in [0.1, 0.15) is 44.0 Å². The molecule has 2 amide bonds. The Kier molecular flexibility index (Phi) is 8.43. The van der Waals surface area contributed by atoms with Crippen molar-refractivity contribution in [2.45, 2.75) is 45.7 Å². The SMILES string of the molecule is CN1CCC[C@H]1C(N)=O.CNC(=O)c1cccc(NC(C=O)C(C)(C)C)c1. The highest BCUT2D eigenvalue weighted by Gasteiger charge is 2.25. The fourth-order valence-electron chi connectivity index (χ4n) is 2.80. The van der Waals surface area contributed by atoms with Gasteiger partial charge < -0.3 is 21.2 Å². The van der Waals surface area contributed by atoms with E-state index in [1.165, 1.54) is 0 Å². The van der Waals surface area contributed by atoms with E-state index in [4.69, 9.17) is 5.73 Å². The second-order valence-corrected chi connectivity index (χ2v) is 7.83. The monoisotopic (exact) mass is 376 g/mol. The van der Waals surface area contributed by atoms with Crippen molar-refractivity contribution in [2.75, 3.05) is 26.0 Å². The summed E-state index contributed by atoms with van der Waals surface area (Å²) in [5, 5.41) is 5.71. The lowest BCUT2D eigenvalue weighted by Gasteiger charge is -2.27. The van der Waals surface area contributed by atoms with Gasteiger partial charge in [0.2, 0.25) is 5.91 Å². The molecule has 7 heteroatoms. The van der Waals surface area contributed by atoms with Crippen molar-refractivity contribution in [3.8, 4) is 0 Å². The van der Waals surface area contributed by atoms with Gasteiger partial charge in [-0.25, -0.2) is 0 Å². The van der Waals surface area contributed by atoms with Crippen LogP contribution >= 0.6 is 0 Å². The molecule has 0 radical (unpaired) electrons. The lowest BCUT2D eigenvalue weighted by Crippen LogP contribution is -2.37. The predicted molar refractivity (Wildman–Crippen MR) is 108 cm³/mol. The zero-order chi connectivity index (χ0) is 20.6. The van der Waals surface area contributed by atoms with E-state index in [2.05, 4.69) is 10.6 Å². The van der Waals surface area contributed by atoms with Gasteiger partial charge in [0.25, 0.3) is 5.91 Å². The molecule has 1 unspecified atom stereocenters. The summed E-state index contributed by atoms with van der Waals surface area (Å²) in [5.74, 6) is -0.327. The van der Waals surface area contributed by atoms with Crippen molar-refractivity contribution in [2.24, 2.45) is 11.1 Å². The van der Waals surface area contributed by atoms with E-state index in [9.17, 15) is 14.4 Å². The van der Waals surface area contributed by atoms with Gasteiger partial charge in [-0.1, -0.05) is 26.8 Å². The van der Waals surface area contributed by atoms with E-state index in [0.29, 0.717) is 5.56 Å². The molecule has 2 rings (SSSR count). The number of rotatable bonds is 5. The summed E-state index contributed by atoms with van der Waals surface area (Å²) in [7, 11) is 3.52. The van der Waals surface area contributed by atoms with Crippen LogP contribution in [-0.4, -0.2) is 55.7 Å². The van der Waals surface area contributed by atoms with Gasteiger partial charge in [-0.3, -0.25) is 14.5 Å². The number of carbonyl (C=O) groups is 3. The first-order chi connectivity index (χ1) is 12.6. The van der Waals surface area contributed by atoms with Crippen molar-refractivity contribution in [1.29, 1.82) is 0 Å². The number of hydrogen-bond donors (Lipinski definition) is 3. The van der Waals surface area contributed by atoms with Crippen LogP contribution in [0.5, 0.6) is 0 Å². The summed E-state index contributed by atoms with van der Waals surface area (Å²) >= 11 is 0. The Hall–Kier alpha value is -2.41. The zero-order valence-corrected chi connectivity index (χ0v) is 16.9. The fraction of sp³-hybridized carbons (Fsp3) is 0.550. The molecule has 1 heterocycles. The number of nitrogens with zero attached hydrogens (tertiary/aromatic N) is 1. The highest BCUT2D eigenvalue weighted by atomic mass is 16.2. The van der Waals surface area contributed by atoms with Crippen molar-refractivity contribution in [1.82, 2.24) is 10.2 Å². The topological polar surface area (TPSA) is 105 Å². The van der Waals surface area contributed by atoms with Gasteiger partial charge >= 0.3 is 0 Å². The molecular weight excluding hydrogens is 344 g/mol. The molecule has 150 valence electrons. The van der Waals surface area contributed by atoms with Gasteiger partial charge in [0.15, 0.2) is 0 Å². The third-order valence-corrected chi connectivity index (χ3v) is 4.59. The van der Waals surface area contributed by atoms with Crippen LogP contribution < -0.4 is 16.4 Å². The molecule has 1 fully saturated rings. The predicted octanol–water partition coefficient (Wildman–Crippen LogP) is 1.64. The highest BCUT2D eigenvalue weighted by molar-refractivity contribution is 5.95. The van der Waals surface area contributed by atoms with Crippen LogP contribution in [0.15, 0.2) is 24.3 Å². The van der Waals surface area contributed by atoms with Crippen LogP contribution in [0.2, 0.25) is 0 Å². The van der Waals surface area contributed by atoms with Gasteiger partial charge in [0.1, 0.15) is 6.29 Å². The largest absolute Gasteiger partial charge is 0.375 e. The third-order valence-electron chi connectivity index (χ3n) is 4.59. The molecule has 2 atom stereocenters. The minimum Gasteiger partial charge on any atom is -0.375 e. The second kappa shape index (κ2) is 10.1. The minimum absolute atomic E-state index is 0.00463. The minimum atomic E-state index is -0.294. The number of aldehydes is 1. The molecular formula is C20H32N4O3. The first-order valence-electron chi connectivity index (χ1n) is 9.13. The number of benzene rings is 1. The van der Waals surface area contributed by atoms with Gasteiger partial charge in [0, 0.05) is 18.3 Å². The van der Waals surface area contributed by atoms with Crippen LogP contribution in [0.25, 0.3) is 0 Å². The van der Waals surface area contributed by atoms with Crippen molar-refractivity contribution in [3.63, 3.8) is 0 Å². The lowest BCUT2D eigenvalue weighted by atomic mass is 9.87. The number of likely N-dealkylation sites (tertiary alicyclic amines) is 1. The molecule has 1 saturated heterocycles. The zero-order valence-electron chi connectivity index (χ0n) is 16.9. The number of amides is 2. The van der Waals surface area contributed by atoms with Crippen LogP contribution in [0, 0.1) is 5.41 Å². The Balaban J connectivity index is 0.000000337. The summed E-state index contributed by atoms with van der Waals surface area (Å²) < 4.78 is 0. The molecule has 27 heavy (non-hydrogen) atoms. The van der Waals surface area contributed by atoms with Gasteiger partial charge in [-0.15, -0.1) is 0 Å². The molecule has 0 aliphatic carbocycles. The van der Waals surface area contributed by atoms with E-state index in [1.54, 1.807) is 25.2 Å². The molecule has 1 aromatic rings. The summed E-state index contributed by atoms with van der Waals surface area (Å²) in [4.78, 5) is 35.2.